The first-order valence-corrected chi connectivity index (χ1v) is 10.5. The van der Waals surface area contributed by atoms with E-state index >= 15 is 0 Å². The van der Waals surface area contributed by atoms with E-state index < -0.39 is 0 Å². The molecule has 29 heavy (non-hydrogen) atoms. The van der Waals surface area contributed by atoms with Crippen LogP contribution in [0.15, 0.2) is 24.4 Å². The van der Waals surface area contributed by atoms with Crippen LogP contribution in [0.5, 0.6) is 11.5 Å². The van der Waals surface area contributed by atoms with Crippen molar-refractivity contribution in [1.29, 1.82) is 0 Å². The van der Waals surface area contributed by atoms with Gasteiger partial charge in [0.2, 0.25) is 5.95 Å². The number of piperazine rings is 1. The molecule has 0 atom stereocenters. The van der Waals surface area contributed by atoms with Crippen LogP contribution in [0.4, 0.5) is 5.95 Å². The molecule has 2 aliphatic rings. The van der Waals surface area contributed by atoms with Crippen molar-refractivity contribution in [2.24, 2.45) is 0 Å². The van der Waals surface area contributed by atoms with Crippen LogP contribution in [0.1, 0.15) is 23.7 Å². The molecule has 0 radical (unpaired) electrons. The predicted octanol–water partition coefficient (Wildman–Crippen LogP) is 2.19. The molecule has 7 nitrogen and oxygen atoms in total. The Kier molecular flexibility index (Phi) is 6.16. The molecular weight excluding hydrogens is 366 g/mol. The number of hydrogen-bond donors (Lipinski definition) is 0. The maximum Gasteiger partial charge on any atom is 0.225 e. The summed E-state index contributed by atoms with van der Waals surface area (Å²) >= 11 is 0. The van der Waals surface area contributed by atoms with Crippen LogP contribution in [0.2, 0.25) is 0 Å². The molecule has 0 N–H and O–H groups in total. The van der Waals surface area contributed by atoms with E-state index in [0.717, 1.165) is 69.7 Å². The van der Waals surface area contributed by atoms with Crippen LogP contribution in [-0.4, -0.2) is 73.3 Å². The lowest BCUT2D eigenvalue weighted by molar-refractivity contribution is 0.242. The quantitative estimate of drug-likeness (QED) is 0.741. The Bertz CT molecular complexity index is 836. The zero-order valence-electron chi connectivity index (χ0n) is 17.7. The minimum Gasteiger partial charge on any atom is -0.493 e. The van der Waals surface area contributed by atoms with Crippen molar-refractivity contribution in [2.75, 3.05) is 58.4 Å². The maximum atomic E-state index is 5.62. The molecule has 1 fully saturated rings. The lowest BCUT2D eigenvalue weighted by atomic mass is 10.1. The van der Waals surface area contributed by atoms with Crippen molar-refractivity contribution in [3.63, 3.8) is 0 Å². The van der Waals surface area contributed by atoms with Gasteiger partial charge < -0.3 is 19.3 Å². The molecule has 0 saturated carbocycles. The standard InChI is InChI=1S/C22H31N5O2/c1-4-29-20-6-5-17(13-21(20)28-3)15-26-8-7-19-18(16-26)14-23-22(24-19)27-11-9-25(2)10-12-27/h5-6,13-14H,4,7-12,15-16H2,1-3H3. The Morgan fingerprint density at radius 2 is 1.90 bits per heavy atom. The van der Waals surface area contributed by atoms with E-state index in [4.69, 9.17) is 14.5 Å². The second-order valence-corrected chi connectivity index (χ2v) is 7.81. The Morgan fingerprint density at radius 1 is 1.07 bits per heavy atom. The van der Waals surface area contributed by atoms with Crippen LogP contribution in [0.25, 0.3) is 0 Å². The predicted molar refractivity (Wildman–Crippen MR) is 114 cm³/mol. The SMILES string of the molecule is CCOc1ccc(CN2CCc3nc(N4CCN(C)CC4)ncc3C2)cc1OC. The summed E-state index contributed by atoms with van der Waals surface area (Å²) in [5, 5.41) is 0. The van der Waals surface area contributed by atoms with Crippen molar-refractivity contribution in [1.82, 2.24) is 19.8 Å². The van der Waals surface area contributed by atoms with Crippen molar-refractivity contribution >= 4 is 5.95 Å². The van der Waals surface area contributed by atoms with E-state index in [1.54, 1.807) is 7.11 Å². The van der Waals surface area contributed by atoms with Crippen molar-refractivity contribution < 1.29 is 9.47 Å². The van der Waals surface area contributed by atoms with Crippen molar-refractivity contribution in [3.05, 3.63) is 41.2 Å². The number of anilines is 1. The summed E-state index contributed by atoms with van der Waals surface area (Å²) in [6, 6.07) is 6.20. The highest BCUT2D eigenvalue weighted by Crippen LogP contribution is 2.29. The summed E-state index contributed by atoms with van der Waals surface area (Å²) in [6.07, 6.45) is 2.99. The van der Waals surface area contributed by atoms with Gasteiger partial charge in [-0.1, -0.05) is 6.07 Å². The summed E-state index contributed by atoms with van der Waals surface area (Å²) in [4.78, 5) is 16.7. The van der Waals surface area contributed by atoms with Crippen LogP contribution >= 0.6 is 0 Å². The van der Waals surface area contributed by atoms with Gasteiger partial charge in [0.1, 0.15) is 0 Å². The number of ether oxygens (including phenoxy) is 2. The highest BCUT2D eigenvalue weighted by Gasteiger charge is 2.22. The minimum atomic E-state index is 0.634. The van der Waals surface area contributed by atoms with Crippen molar-refractivity contribution in [3.8, 4) is 11.5 Å². The van der Waals surface area contributed by atoms with Crippen LogP contribution in [0.3, 0.4) is 0 Å². The molecular formula is C22H31N5O2. The van der Waals surface area contributed by atoms with Crippen LogP contribution in [-0.2, 0) is 19.5 Å². The summed E-state index contributed by atoms with van der Waals surface area (Å²) < 4.78 is 11.1. The number of hydrogen-bond acceptors (Lipinski definition) is 7. The third-order valence-corrected chi connectivity index (χ3v) is 5.72. The molecule has 1 aromatic heterocycles. The van der Waals surface area contributed by atoms with Gasteiger partial charge in [0.25, 0.3) is 0 Å². The fraction of sp³-hybridized carbons (Fsp3) is 0.545. The highest BCUT2D eigenvalue weighted by molar-refractivity contribution is 5.43. The molecule has 0 bridgehead atoms. The number of fused-ring (bicyclic) bond motifs is 1. The fourth-order valence-corrected chi connectivity index (χ4v) is 4.00. The smallest absolute Gasteiger partial charge is 0.225 e. The third-order valence-electron chi connectivity index (χ3n) is 5.72. The average Bonchev–Trinajstić information content (AvgIpc) is 2.75. The lowest BCUT2D eigenvalue weighted by Crippen LogP contribution is -2.45. The normalized spacial score (nSPS) is 17.8. The van der Waals surface area contributed by atoms with Gasteiger partial charge in [0.05, 0.1) is 19.4 Å². The molecule has 1 saturated heterocycles. The van der Waals surface area contributed by atoms with Gasteiger partial charge in [-0.3, -0.25) is 4.90 Å². The lowest BCUT2D eigenvalue weighted by Gasteiger charge is -2.33. The Labute approximate surface area is 173 Å². The van der Waals surface area contributed by atoms with Gasteiger partial charge >= 0.3 is 0 Å². The molecule has 0 amide bonds. The number of nitrogens with zero attached hydrogens (tertiary/aromatic N) is 5. The fourth-order valence-electron chi connectivity index (χ4n) is 4.00. The summed E-state index contributed by atoms with van der Waals surface area (Å²) in [5.41, 5.74) is 3.67. The number of aromatic nitrogens is 2. The number of rotatable bonds is 6. The Balaban J connectivity index is 1.41. The molecule has 0 unspecified atom stereocenters. The van der Waals surface area contributed by atoms with Crippen molar-refractivity contribution in [2.45, 2.75) is 26.4 Å². The second kappa shape index (κ2) is 8.97. The summed E-state index contributed by atoms with van der Waals surface area (Å²) in [6.45, 7) is 9.52. The van der Waals surface area contributed by atoms with E-state index in [9.17, 15) is 0 Å². The van der Waals surface area contributed by atoms with E-state index in [0.29, 0.717) is 6.61 Å². The molecule has 4 rings (SSSR count). The molecule has 156 valence electrons. The van der Waals surface area contributed by atoms with Gasteiger partial charge in [0.15, 0.2) is 11.5 Å². The maximum absolute atomic E-state index is 5.62. The molecule has 0 spiro atoms. The topological polar surface area (TPSA) is 54.0 Å². The molecule has 3 heterocycles. The van der Waals surface area contributed by atoms with Gasteiger partial charge in [0, 0.05) is 64.0 Å². The molecule has 2 aromatic rings. The number of methoxy groups -OCH3 is 1. The Morgan fingerprint density at radius 3 is 2.66 bits per heavy atom. The first-order valence-electron chi connectivity index (χ1n) is 10.5. The van der Waals surface area contributed by atoms with Gasteiger partial charge in [-0.15, -0.1) is 0 Å². The first-order chi connectivity index (χ1) is 14.2. The number of benzene rings is 1. The largest absolute Gasteiger partial charge is 0.493 e. The van der Waals surface area contributed by atoms with E-state index in [1.165, 1.54) is 16.8 Å². The molecule has 2 aliphatic heterocycles. The second-order valence-electron chi connectivity index (χ2n) is 7.81. The van der Waals surface area contributed by atoms with E-state index in [1.807, 2.05) is 19.2 Å². The molecule has 0 aliphatic carbocycles. The van der Waals surface area contributed by atoms with Crippen LogP contribution in [0, 0.1) is 0 Å². The zero-order valence-corrected chi connectivity index (χ0v) is 17.7. The monoisotopic (exact) mass is 397 g/mol. The molecule has 1 aromatic carbocycles. The minimum absolute atomic E-state index is 0.634. The number of likely N-dealkylation sites (N-methyl/N-ethyl adjacent to an activating group) is 1. The highest BCUT2D eigenvalue weighted by atomic mass is 16.5. The van der Waals surface area contributed by atoms with Crippen LogP contribution < -0.4 is 14.4 Å². The molecule has 7 heteroatoms. The average molecular weight is 398 g/mol. The van der Waals surface area contributed by atoms with Gasteiger partial charge in [-0.2, -0.15) is 0 Å². The summed E-state index contributed by atoms with van der Waals surface area (Å²) in [5.74, 6) is 2.48. The van der Waals surface area contributed by atoms with E-state index in [-0.39, 0.29) is 0 Å². The first kappa shape index (κ1) is 19.9. The third kappa shape index (κ3) is 4.62. The zero-order chi connectivity index (χ0) is 20.2. The Hall–Kier alpha value is -2.38. The summed E-state index contributed by atoms with van der Waals surface area (Å²) in [7, 11) is 3.85. The van der Waals surface area contributed by atoms with E-state index in [2.05, 4.69) is 38.9 Å². The van der Waals surface area contributed by atoms with Gasteiger partial charge in [-0.25, -0.2) is 9.97 Å². The van der Waals surface area contributed by atoms with Gasteiger partial charge in [-0.05, 0) is 31.7 Å².